The smallest absolute Gasteiger partial charge is 0.404 e. The van der Waals surface area contributed by atoms with Crippen LogP contribution in [0.25, 0.3) is 0 Å². The number of hydrogen-bond acceptors (Lipinski definition) is 8. The molecule has 1 aliphatic heterocycles. The van der Waals surface area contributed by atoms with E-state index in [4.69, 9.17) is 19.8 Å². The van der Waals surface area contributed by atoms with E-state index >= 15 is 0 Å². The van der Waals surface area contributed by atoms with Crippen LogP contribution >= 0.6 is 0 Å². The second kappa shape index (κ2) is 15.5. The van der Waals surface area contributed by atoms with Crippen molar-refractivity contribution in [2.45, 2.75) is 137 Å². The number of nitro groups is 1. The Morgan fingerprint density at radius 3 is 2.51 bits per heavy atom. The van der Waals surface area contributed by atoms with E-state index in [2.05, 4.69) is 65.7 Å². The Morgan fingerprint density at radius 1 is 1.15 bits per heavy atom. The normalized spacial score (nSPS) is 32.8. The molecule has 1 amide bonds. The van der Waals surface area contributed by atoms with Gasteiger partial charge in [-0.25, -0.2) is 15.1 Å². The third-order valence-electron chi connectivity index (χ3n) is 11.8. The zero-order chi connectivity index (χ0) is 34.7. The molecule has 0 unspecified atom stereocenters. The topological polar surface area (TPSA) is 167 Å². The number of hydrogen-bond donors (Lipinski definition) is 3. The predicted octanol–water partition coefficient (Wildman–Crippen LogP) is 4.71. The van der Waals surface area contributed by atoms with Crippen LogP contribution in [0.2, 0.25) is 0 Å². The number of hydrazine groups is 1. The van der Waals surface area contributed by atoms with Crippen LogP contribution in [0.4, 0.5) is 0 Å². The summed E-state index contributed by atoms with van der Waals surface area (Å²) in [6.45, 7) is 17.8. The lowest BCUT2D eigenvalue weighted by Crippen LogP contribution is -2.65. The molecule has 47 heavy (non-hydrogen) atoms. The summed E-state index contributed by atoms with van der Waals surface area (Å²) in [5.41, 5.74) is 7.22. The van der Waals surface area contributed by atoms with Crippen LogP contribution in [0.15, 0.2) is 4.99 Å². The lowest BCUT2D eigenvalue weighted by Gasteiger charge is -2.64. The highest BCUT2D eigenvalue weighted by Gasteiger charge is 2.68. The average Bonchev–Trinajstić information content (AvgIpc) is 3.33. The predicted molar refractivity (Wildman–Crippen MR) is 182 cm³/mol. The SMILES string of the molecule is CC(C)C[C@H](NC(=O)[C@H](CCCN=C(N)N[N+](=O)[O-])CC(=O)CO[C@H]1C[C@@H](C)CC[C@@H]1C(C)C)B1O[C@@H]2C[C@@H]3C[C@@H](C3(C)C)[C@]2(C)O1. The largest absolute Gasteiger partial charge is 0.481 e. The molecule has 4 aliphatic carbocycles. The van der Waals surface area contributed by atoms with Crippen molar-refractivity contribution in [3.05, 3.63) is 10.1 Å². The van der Waals surface area contributed by atoms with Gasteiger partial charge in [0.15, 0.2) is 10.8 Å². The monoisotopic (exact) mass is 661 g/mol. The molecule has 4 N–H and O–H groups in total. The number of aliphatic imine (C=N–C) groups is 1. The molecule has 5 rings (SSSR count). The number of ether oxygens (including phenoxy) is 1. The van der Waals surface area contributed by atoms with Crippen molar-refractivity contribution in [3.63, 3.8) is 0 Å². The molecule has 0 radical (unpaired) electrons. The lowest BCUT2D eigenvalue weighted by atomic mass is 9.43. The van der Waals surface area contributed by atoms with Crippen LogP contribution in [0, 0.1) is 57.0 Å². The molecular formula is C34H60BN5O7. The number of amides is 1. The minimum atomic E-state index is -0.770. The van der Waals surface area contributed by atoms with Crippen LogP contribution in [0.1, 0.15) is 113 Å². The van der Waals surface area contributed by atoms with Crippen molar-refractivity contribution in [1.29, 1.82) is 0 Å². The number of carbonyl (C=O) groups excluding carboxylic acids is 2. The van der Waals surface area contributed by atoms with Crippen LogP contribution < -0.4 is 16.5 Å². The second-order valence-electron chi connectivity index (χ2n) is 16.5. The maximum Gasteiger partial charge on any atom is 0.481 e. The number of Topliss-reactive ketones (excluding diaryl/α,β-unsaturated/α-hetero) is 1. The summed E-state index contributed by atoms with van der Waals surface area (Å²) in [5, 5.41) is 13.1. The van der Waals surface area contributed by atoms with E-state index in [9.17, 15) is 19.7 Å². The molecule has 2 bridgehead atoms. The molecule has 0 aromatic heterocycles. The van der Waals surface area contributed by atoms with Crippen molar-refractivity contribution in [2.75, 3.05) is 13.2 Å². The maximum absolute atomic E-state index is 14.0. The summed E-state index contributed by atoms with van der Waals surface area (Å²) in [6.07, 6.45) is 6.84. The van der Waals surface area contributed by atoms with Crippen LogP contribution in [-0.4, -0.2) is 66.7 Å². The summed E-state index contributed by atoms with van der Waals surface area (Å²) in [5.74, 6) is 1.11. The highest BCUT2D eigenvalue weighted by Crippen LogP contribution is 2.65. The van der Waals surface area contributed by atoms with Gasteiger partial charge in [-0.2, -0.15) is 0 Å². The Hall–Kier alpha value is -2.25. The van der Waals surface area contributed by atoms with Gasteiger partial charge in [-0.3, -0.25) is 9.59 Å². The molecule has 0 spiro atoms. The summed E-state index contributed by atoms with van der Waals surface area (Å²) in [7, 11) is -0.565. The number of nitrogens with one attached hydrogen (secondary N) is 2. The number of ketones is 1. The highest BCUT2D eigenvalue weighted by molar-refractivity contribution is 6.47. The molecule has 1 heterocycles. The standard InChI is InChI=1S/C34H60BN5O7/c1-20(2)14-30(35-46-29-18-24-17-28(33(24,6)7)34(29,8)47-35)38-31(42)23(10-9-13-37-32(36)39-40(43)44)16-25(41)19-45-27-15-22(5)11-12-26(27)21(3)4/h20-24,26-30H,9-19H2,1-8H3,(H,38,42)(H3,36,37,39)/t22-,23+,24-,26+,27-,28-,29+,30-,34-/m0/s1. The summed E-state index contributed by atoms with van der Waals surface area (Å²) < 4.78 is 19.6. The number of nitrogens with two attached hydrogens (primary N) is 1. The lowest BCUT2D eigenvalue weighted by molar-refractivity contribution is -0.525. The molecule has 12 nitrogen and oxygen atoms in total. The first kappa shape index (κ1) is 37.6. The first-order chi connectivity index (χ1) is 22.0. The Balaban J connectivity index is 1.43. The average molecular weight is 662 g/mol. The molecule has 1 saturated heterocycles. The summed E-state index contributed by atoms with van der Waals surface area (Å²) >= 11 is 0. The van der Waals surface area contributed by atoms with E-state index in [1.807, 2.05) is 5.43 Å². The Bertz CT molecular complexity index is 1150. The fourth-order valence-electron chi connectivity index (χ4n) is 8.95. The van der Waals surface area contributed by atoms with Crippen molar-refractivity contribution in [1.82, 2.24) is 10.7 Å². The molecular weight excluding hydrogens is 601 g/mol. The van der Waals surface area contributed by atoms with Gasteiger partial charge in [0.05, 0.1) is 23.8 Å². The molecule has 0 aromatic carbocycles. The van der Waals surface area contributed by atoms with Gasteiger partial charge in [0.25, 0.3) is 5.96 Å². The van der Waals surface area contributed by atoms with Gasteiger partial charge < -0.3 is 25.1 Å². The Morgan fingerprint density at radius 2 is 1.87 bits per heavy atom. The van der Waals surface area contributed by atoms with E-state index in [1.54, 1.807) is 0 Å². The van der Waals surface area contributed by atoms with Crippen LogP contribution in [-0.2, 0) is 23.6 Å². The number of rotatable bonds is 16. The first-order valence-electron chi connectivity index (χ1n) is 18.0. The van der Waals surface area contributed by atoms with Crippen LogP contribution in [0.5, 0.6) is 0 Å². The summed E-state index contributed by atoms with van der Waals surface area (Å²) in [6, 6.07) is 0. The minimum absolute atomic E-state index is 0.00127. The Kier molecular flexibility index (Phi) is 12.4. The van der Waals surface area contributed by atoms with Gasteiger partial charge in [-0.15, -0.1) is 0 Å². The maximum atomic E-state index is 14.0. The van der Waals surface area contributed by atoms with E-state index in [0.717, 1.165) is 25.7 Å². The van der Waals surface area contributed by atoms with Crippen molar-refractivity contribution >= 4 is 24.8 Å². The van der Waals surface area contributed by atoms with E-state index in [1.165, 1.54) is 6.42 Å². The molecule has 4 saturated carbocycles. The van der Waals surface area contributed by atoms with Gasteiger partial charge in [0, 0.05) is 18.9 Å². The van der Waals surface area contributed by atoms with Gasteiger partial charge in [0.1, 0.15) is 6.61 Å². The molecule has 5 fully saturated rings. The second-order valence-corrected chi connectivity index (χ2v) is 16.5. The third kappa shape index (κ3) is 9.06. The molecule has 266 valence electrons. The number of carbonyl (C=O) groups is 2. The fraction of sp³-hybridized carbons (Fsp3) is 0.912. The molecule has 13 heteroatoms. The first-order valence-corrected chi connectivity index (χ1v) is 18.0. The molecule has 0 aromatic rings. The zero-order valence-corrected chi connectivity index (χ0v) is 30.0. The molecule has 9 atom stereocenters. The van der Waals surface area contributed by atoms with Gasteiger partial charge in [-0.1, -0.05) is 60.3 Å². The fourth-order valence-corrected chi connectivity index (χ4v) is 8.95. The number of guanidine groups is 1. The molecule has 5 aliphatic rings. The number of nitrogens with zero attached hydrogens (tertiary/aromatic N) is 2. The van der Waals surface area contributed by atoms with Gasteiger partial charge >= 0.3 is 7.12 Å². The van der Waals surface area contributed by atoms with E-state index < -0.39 is 23.7 Å². The van der Waals surface area contributed by atoms with Gasteiger partial charge in [-0.05, 0) is 92.8 Å². The van der Waals surface area contributed by atoms with E-state index in [0.29, 0.717) is 48.9 Å². The van der Waals surface area contributed by atoms with Crippen LogP contribution in [0.3, 0.4) is 0 Å². The Labute approximate surface area is 281 Å². The van der Waals surface area contributed by atoms with Crippen molar-refractivity contribution in [3.8, 4) is 0 Å². The van der Waals surface area contributed by atoms with Crippen molar-refractivity contribution in [2.24, 2.45) is 57.6 Å². The zero-order valence-electron chi connectivity index (χ0n) is 30.0. The highest BCUT2D eigenvalue weighted by atomic mass is 16.7. The third-order valence-corrected chi connectivity index (χ3v) is 11.8. The van der Waals surface area contributed by atoms with Crippen molar-refractivity contribution < 1.29 is 28.7 Å². The summed E-state index contributed by atoms with van der Waals surface area (Å²) in [4.78, 5) is 42.0. The quantitative estimate of drug-likeness (QED) is 0.0530. The van der Waals surface area contributed by atoms with E-state index in [-0.39, 0.29) is 66.7 Å². The van der Waals surface area contributed by atoms with Gasteiger partial charge in [0.2, 0.25) is 5.91 Å². The minimum Gasteiger partial charge on any atom is -0.404 e.